The molecular formula is C10H18N2O5. The molecule has 0 aliphatic carbocycles. The Balaban J connectivity index is 4.07. The third-order valence-corrected chi connectivity index (χ3v) is 2.45. The first-order valence-electron chi connectivity index (χ1n) is 5.17. The van der Waals surface area contributed by atoms with Crippen LogP contribution in [0.2, 0.25) is 0 Å². The average molecular weight is 246 g/mol. The zero-order valence-electron chi connectivity index (χ0n) is 10.2. The van der Waals surface area contributed by atoms with Crippen LogP contribution in [0.1, 0.15) is 20.3 Å². The van der Waals surface area contributed by atoms with Gasteiger partial charge in [-0.2, -0.15) is 0 Å². The lowest BCUT2D eigenvalue weighted by molar-refractivity contribution is -0.143. The summed E-state index contributed by atoms with van der Waals surface area (Å²) in [7, 11) is 1.41. The van der Waals surface area contributed by atoms with E-state index in [1.807, 2.05) is 0 Å². The van der Waals surface area contributed by atoms with Gasteiger partial charge in [-0.05, 0) is 13.3 Å². The summed E-state index contributed by atoms with van der Waals surface area (Å²) in [6, 6.07) is 0. The number of carboxylic acid groups (broad SMARTS) is 1. The van der Waals surface area contributed by atoms with E-state index >= 15 is 0 Å². The predicted molar refractivity (Wildman–Crippen MR) is 59.4 cm³/mol. The Morgan fingerprint density at radius 2 is 1.82 bits per heavy atom. The number of nitrogens with one attached hydrogen (secondary N) is 2. The van der Waals surface area contributed by atoms with Gasteiger partial charge in [-0.3, -0.25) is 14.4 Å². The molecule has 0 aromatic carbocycles. The molecule has 0 fully saturated rings. The van der Waals surface area contributed by atoms with Gasteiger partial charge >= 0.3 is 5.97 Å². The van der Waals surface area contributed by atoms with Crippen LogP contribution in [0.15, 0.2) is 0 Å². The van der Waals surface area contributed by atoms with Gasteiger partial charge in [0.05, 0.1) is 6.54 Å². The van der Waals surface area contributed by atoms with E-state index in [1.165, 1.54) is 7.11 Å². The summed E-state index contributed by atoms with van der Waals surface area (Å²) in [5, 5.41) is 12.8. The smallest absolute Gasteiger partial charge is 0.322 e. The maximum atomic E-state index is 11.6. The second-order valence-electron chi connectivity index (χ2n) is 3.64. The number of carbonyl (C=O) groups is 3. The van der Waals surface area contributed by atoms with Crippen molar-refractivity contribution < 1.29 is 24.2 Å². The highest BCUT2D eigenvalue weighted by atomic mass is 16.5. The van der Waals surface area contributed by atoms with E-state index in [1.54, 1.807) is 13.8 Å². The van der Waals surface area contributed by atoms with Crippen LogP contribution >= 0.6 is 0 Å². The van der Waals surface area contributed by atoms with Gasteiger partial charge in [0.15, 0.2) is 0 Å². The summed E-state index contributed by atoms with van der Waals surface area (Å²) < 4.78 is 5.04. The van der Waals surface area contributed by atoms with E-state index in [9.17, 15) is 14.4 Å². The molecule has 0 aromatic heterocycles. The van der Waals surface area contributed by atoms with E-state index in [2.05, 4.69) is 10.6 Å². The quantitative estimate of drug-likeness (QED) is 0.541. The molecule has 0 radical (unpaired) electrons. The van der Waals surface area contributed by atoms with Gasteiger partial charge in [0.25, 0.3) is 5.91 Å². The number of hydrogen-bond donors (Lipinski definition) is 3. The highest BCUT2D eigenvalue weighted by Crippen LogP contribution is 2.13. The minimum atomic E-state index is -1.14. The number of methoxy groups -OCH3 is 1. The normalized spacial score (nSPS) is 13.6. The van der Waals surface area contributed by atoms with Crippen LogP contribution in [0.3, 0.4) is 0 Å². The number of carbonyl (C=O) groups excluding carboxylic acids is 2. The molecule has 0 aliphatic rings. The molecule has 0 spiro atoms. The molecule has 0 saturated heterocycles. The van der Waals surface area contributed by atoms with Crippen LogP contribution in [0, 0.1) is 0 Å². The molecule has 2 amide bonds. The first-order valence-corrected chi connectivity index (χ1v) is 5.17. The number of ether oxygens (including phenoxy) is 1. The molecule has 7 nitrogen and oxygen atoms in total. The molecule has 0 rings (SSSR count). The average Bonchev–Trinajstić information content (AvgIpc) is 2.32. The fourth-order valence-corrected chi connectivity index (χ4v) is 0.982. The Bertz CT molecular complexity index is 299. The third-order valence-electron chi connectivity index (χ3n) is 2.45. The fourth-order valence-electron chi connectivity index (χ4n) is 0.982. The summed E-state index contributed by atoms with van der Waals surface area (Å²) in [5.41, 5.74) is -0.979. The highest BCUT2D eigenvalue weighted by Gasteiger charge is 2.30. The van der Waals surface area contributed by atoms with Gasteiger partial charge in [0.2, 0.25) is 5.91 Å². The summed E-state index contributed by atoms with van der Waals surface area (Å²) in [6.45, 7) is 2.65. The molecular weight excluding hydrogens is 228 g/mol. The van der Waals surface area contributed by atoms with E-state index in [-0.39, 0.29) is 6.54 Å². The molecule has 1 unspecified atom stereocenters. The SMILES string of the molecule is CCC(C)(OC)C(=O)NCC(=O)NCC(=O)O. The molecule has 98 valence electrons. The number of carboxylic acids is 1. The zero-order valence-corrected chi connectivity index (χ0v) is 10.2. The van der Waals surface area contributed by atoms with Crippen molar-refractivity contribution in [2.75, 3.05) is 20.2 Å². The van der Waals surface area contributed by atoms with E-state index in [4.69, 9.17) is 9.84 Å². The van der Waals surface area contributed by atoms with Gasteiger partial charge < -0.3 is 20.5 Å². The first-order chi connectivity index (χ1) is 7.85. The molecule has 17 heavy (non-hydrogen) atoms. The largest absolute Gasteiger partial charge is 0.480 e. The van der Waals surface area contributed by atoms with Crippen molar-refractivity contribution in [3.05, 3.63) is 0 Å². The number of aliphatic carboxylic acids is 1. The number of rotatable bonds is 7. The maximum absolute atomic E-state index is 11.6. The van der Waals surface area contributed by atoms with Crippen LogP contribution in [0.25, 0.3) is 0 Å². The van der Waals surface area contributed by atoms with Crippen molar-refractivity contribution in [2.24, 2.45) is 0 Å². The van der Waals surface area contributed by atoms with Crippen molar-refractivity contribution >= 4 is 17.8 Å². The standard InChI is InChI=1S/C10H18N2O5/c1-4-10(2,17-3)9(16)12-5-7(13)11-6-8(14)15/h4-6H2,1-3H3,(H,11,13)(H,12,16)(H,14,15). The molecule has 0 heterocycles. The van der Waals surface area contributed by atoms with Gasteiger partial charge in [0.1, 0.15) is 12.1 Å². The summed E-state index contributed by atoms with van der Waals surface area (Å²) in [6.07, 6.45) is 0.464. The Morgan fingerprint density at radius 1 is 1.24 bits per heavy atom. The van der Waals surface area contributed by atoms with Gasteiger partial charge in [-0.15, -0.1) is 0 Å². The lowest BCUT2D eigenvalue weighted by Gasteiger charge is -2.24. The summed E-state index contributed by atoms with van der Waals surface area (Å²) in [4.78, 5) is 32.9. The fraction of sp³-hybridized carbons (Fsp3) is 0.700. The van der Waals surface area contributed by atoms with Crippen LogP contribution in [-0.4, -0.2) is 48.7 Å². The monoisotopic (exact) mass is 246 g/mol. The van der Waals surface area contributed by atoms with Crippen LogP contribution in [-0.2, 0) is 19.1 Å². The van der Waals surface area contributed by atoms with Gasteiger partial charge in [-0.25, -0.2) is 0 Å². The Morgan fingerprint density at radius 3 is 2.24 bits per heavy atom. The number of amides is 2. The predicted octanol–water partition coefficient (Wildman–Crippen LogP) is -0.881. The van der Waals surface area contributed by atoms with Crippen LogP contribution in [0.4, 0.5) is 0 Å². The van der Waals surface area contributed by atoms with Crippen molar-refractivity contribution in [3.8, 4) is 0 Å². The zero-order chi connectivity index (χ0) is 13.5. The molecule has 0 bridgehead atoms. The topological polar surface area (TPSA) is 105 Å². The Hall–Kier alpha value is -1.63. The van der Waals surface area contributed by atoms with Gasteiger partial charge in [0, 0.05) is 7.11 Å². The van der Waals surface area contributed by atoms with E-state index in [0.29, 0.717) is 6.42 Å². The Kier molecular flexibility index (Phi) is 6.19. The summed E-state index contributed by atoms with van der Waals surface area (Å²) in [5.74, 6) is -2.11. The lowest BCUT2D eigenvalue weighted by Crippen LogP contribution is -2.48. The summed E-state index contributed by atoms with van der Waals surface area (Å²) >= 11 is 0. The third kappa shape index (κ3) is 5.30. The minimum Gasteiger partial charge on any atom is -0.480 e. The molecule has 7 heteroatoms. The van der Waals surface area contributed by atoms with E-state index in [0.717, 1.165) is 0 Å². The lowest BCUT2D eigenvalue weighted by atomic mass is 10.0. The molecule has 0 aromatic rings. The molecule has 1 atom stereocenters. The van der Waals surface area contributed by atoms with Crippen LogP contribution < -0.4 is 10.6 Å². The van der Waals surface area contributed by atoms with Crippen molar-refractivity contribution in [2.45, 2.75) is 25.9 Å². The Labute approximate surface area is 99.5 Å². The van der Waals surface area contributed by atoms with E-state index < -0.39 is 29.9 Å². The maximum Gasteiger partial charge on any atom is 0.322 e. The van der Waals surface area contributed by atoms with Crippen molar-refractivity contribution in [1.29, 1.82) is 0 Å². The van der Waals surface area contributed by atoms with Crippen molar-refractivity contribution in [1.82, 2.24) is 10.6 Å². The van der Waals surface area contributed by atoms with Crippen LogP contribution in [0.5, 0.6) is 0 Å². The first kappa shape index (κ1) is 15.4. The molecule has 3 N–H and O–H groups in total. The van der Waals surface area contributed by atoms with Gasteiger partial charge in [-0.1, -0.05) is 6.92 Å². The van der Waals surface area contributed by atoms with Crippen molar-refractivity contribution in [3.63, 3.8) is 0 Å². The second-order valence-corrected chi connectivity index (χ2v) is 3.64. The second kappa shape index (κ2) is 6.85. The molecule has 0 aliphatic heterocycles. The molecule has 0 saturated carbocycles. The highest BCUT2D eigenvalue weighted by molar-refractivity contribution is 5.90. The number of hydrogen-bond acceptors (Lipinski definition) is 4. The minimum absolute atomic E-state index is 0.273.